The summed E-state index contributed by atoms with van der Waals surface area (Å²) in [5, 5.41) is 10.6. The maximum absolute atomic E-state index is 10.6. The van der Waals surface area contributed by atoms with Gasteiger partial charge in [0, 0.05) is 0 Å². The number of hydrogen-bond donors (Lipinski definition) is 0. The summed E-state index contributed by atoms with van der Waals surface area (Å²) >= 11 is 0. The molecule has 0 bridgehead atoms. The van der Waals surface area contributed by atoms with Crippen LogP contribution in [0.5, 0.6) is 0 Å². The summed E-state index contributed by atoms with van der Waals surface area (Å²) in [4.78, 5) is 0. The smallest absolute Gasteiger partial charge is 0.113 e. The Hall–Kier alpha value is -0.0800. The molecule has 0 amide bonds. The minimum atomic E-state index is -0.558. The maximum atomic E-state index is 10.6. The van der Waals surface area contributed by atoms with Crippen LogP contribution in [0.3, 0.4) is 0 Å². The highest BCUT2D eigenvalue weighted by Gasteiger charge is 2.14. The van der Waals surface area contributed by atoms with Crippen molar-refractivity contribution in [1.29, 1.82) is 0 Å². The van der Waals surface area contributed by atoms with E-state index in [0.29, 0.717) is 12.7 Å². The normalized spacial score (nSPS) is 23.5. The lowest BCUT2D eigenvalue weighted by Crippen LogP contribution is -2.21. The van der Waals surface area contributed by atoms with Crippen LogP contribution in [0.15, 0.2) is 0 Å². The van der Waals surface area contributed by atoms with Crippen molar-refractivity contribution in [3.63, 3.8) is 0 Å². The van der Waals surface area contributed by atoms with Gasteiger partial charge in [-0.1, -0.05) is 19.3 Å². The van der Waals surface area contributed by atoms with Crippen LogP contribution in [0.25, 0.3) is 0 Å². The molecule has 11 heavy (non-hydrogen) atoms. The predicted octanol–water partition coefficient (Wildman–Crippen LogP) is 2.15. The van der Waals surface area contributed by atoms with E-state index in [2.05, 4.69) is 0 Å². The van der Waals surface area contributed by atoms with Gasteiger partial charge in [0.05, 0.1) is 12.7 Å². The second-order valence-electron chi connectivity index (χ2n) is 3.40. The maximum Gasteiger partial charge on any atom is 0.113 e. The predicted molar refractivity (Wildman–Crippen MR) is 43.0 cm³/mol. The molecule has 0 N–H and O–H groups in total. The molecule has 1 aliphatic rings. The molecule has 2 heteroatoms. The van der Waals surface area contributed by atoms with E-state index in [4.69, 9.17) is 4.74 Å². The van der Waals surface area contributed by atoms with Gasteiger partial charge in [-0.2, -0.15) is 0 Å². The number of ether oxygens (including phenoxy) is 1. The topological polar surface area (TPSA) is 29.1 Å². The van der Waals surface area contributed by atoms with Crippen LogP contribution in [-0.2, 0) is 9.84 Å². The quantitative estimate of drug-likeness (QED) is 0.617. The summed E-state index contributed by atoms with van der Waals surface area (Å²) < 4.78 is 5.43. The Morgan fingerprint density at radius 3 is 2.55 bits per heavy atom. The molecule has 65 valence electrons. The van der Waals surface area contributed by atoms with Crippen LogP contribution in [0, 0.1) is 0 Å². The molecule has 1 aliphatic carbocycles. The van der Waals surface area contributed by atoms with Crippen LogP contribution < -0.4 is 0 Å². The summed E-state index contributed by atoms with van der Waals surface area (Å²) in [6.45, 7) is 2.05. The molecule has 0 spiro atoms. The molecule has 1 rings (SSSR count). The van der Waals surface area contributed by atoms with E-state index in [1.165, 1.54) is 19.3 Å². The first-order valence-electron chi connectivity index (χ1n) is 4.56. The Morgan fingerprint density at radius 1 is 1.36 bits per heavy atom. The van der Waals surface area contributed by atoms with Gasteiger partial charge >= 0.3 is 0 Å². The first-order chi connectivity index (χ1) is 5.29. The average molecular weight is 157 g/mol. The van der Waals surface area contributed by atoms with Crippen molar-refractivity contribution in [2.24, 2.45) is 0 Å². The Morgan fingerprint density at radius 2 is 2.00 bits per heavy atom. The zero-order valence-electron chi connectivity index (χ0n) is 7.21. The molecule has 1 fully saturated rings. The molecule has 0 aliphatic heterocycles. The van der Waals surface area contributed by atoms with Gasteiger partial charge in [-0.05, 0) is 19.8 Å². The first-order valence-corrected chi connectivity index (χ1v) is 4.56. The summed E-state index contributed by atoms with van der Waals surface area (Å²) in [6.07, 6.45) is 6.04. The Kier molecular flexibility index (Phi) is 3.87. The van der Waals surface area contributed by atoms with Crippen molar-refractivity contribution in [3.05, 3.63) is 0 Å². The Balaban J connectivity index is 2.05. The van der Waals surface area contributed by atoms with Crippen molar-refractivity contribution in [2.75, 3.05) is 6.61 Å². The third-order valence-corrected chi connectivity index (χ3v) is 2.12. The number of rotatable bonds is 3. The van der Waals surface area contributed by atoms with Gasteiger partial charge in [-0.15, -0.1) is 0 Å². The Labute approximate surface area is 68.6 Å². The van der Waals surface area contributed by atoms with Gasteiger partial charge in [0.25, 0.3) is 0 Å². The monoisotopic (exact) mass is 157 g/mol. The van der Waals surface area contributed by atoms with Crippen molar-refractivity contribution in [1.82, 2.24) is 0 Å². The molecule has 1 atom stereocenters. The van der Waals surface area contributed by atoms with Gasteiger partial charge < -0.3 is 4.74 Å². The third kappa shape index (κ3) is 3.73. The highest BCUT2D eigenvalue weighted by atomic mass is 16.5. The van der Waals surface area contributed by atoms with E-state index in [0.717, 1.165) is 12.8 Å². The van der Waals surface area contributed by atoms with E-state index >= 15 is 0 Å². The molecule has 1 radical (unpaired) electrons. The molecule has 0 aromatic rings. The molecule has 0 heterocycles. The fourth-order valence-corrected chi connectivity index (χ4v) is 1.50. The van der Waals surface area contributed by atoms with Gasteiger partial charge in [-0.3, -0.25) is 0 Å². The van der Waals surface area contributed by atoms with Crippen LogP contribution in [-0.4, -0.2) is 18.8 Å². The lowest BCUT2D eigenvalue weighted by atomic mass is 9.98. The van der Waals surface area contributed by atoms with Crippen LogP contribution in [0.4, 0.5) is 0 Å². The minimum Gasteiger partial charge on any atom is -0.375 e. The summed E-state index contributed by atoms with van der Waals surface area (Å²) in [5.74, 6) is 0. The van der Waals surface area contributed by atoms with Crippen molar-refractivity contribution < 1.29 is 9.84 Å². The summed E-state index contributed by atoms with van der Waals surface area (Å²) in [5.41, 5.74) is 0. The van der Waals surface area contributed by atoms with Crippen LogP contribution >= 0.6 is 0 Å². The van der Waals surface area contributed by atoms with Gasteiger partial charge in [0.2, 0.25) is 0 Å². The van der Waals surface area contributed by atoms with Gasteiger partial charge in [0.1, 0.15) is 6.10 Å². The number of hydrogen-bond acceptors (Lipinski definition) is 1. The van der Waals surface area contributed by atoms with Crippen molar-refractivity contribution >= 4 is 0 Å². The SMILES string of the molecule is CC([O])COC1CCCCC1. The molecular formula is C9H17O2. The second kappa shape index (κ2) is 4.73. The molecule has 0 saturated heterocycles. The fraction of sp³-hybridized carbons (Fsp3) is 1.00. The molecule has 1 saturated carbocycles. The fourth-order valence-electron chi connectivity index (χ4n) is 1.50. The minimum absolute atomic E-state index is 0.389. The van der Waals surface area contributed by atoms with Gasteiger partial charge in [0.15, 0.2) is 0 Å². The molecular weight excluding hydrogens is 140 g/mol. The van der Waals surface area contributed by atoms with E-state index in [1.807, 2.05) is 0 Å². The lowest BCUT2D eigenvalue weighted by Gasteiger charge is -2.22. The van der Waals surface area contributed by atoms with Crippen molar-refractivity contribution in [3.8, 4) is 0 Å². The molecule has 1 unspecified atom stereocenters. The summed E-state index contributed by atoms with van der Waals surface area (Å²) in [6, 6.07) is 0. The van der Waals surface area contributed by atoms with E-state index in [1.54, 1.807) is 6.92 Å². The Bertz CT molecular complexity index is 95.7. The van der Waals surface area contributed by atoms with E-state index in [9.17, 15) is 5.11 Å². The van der Waals surface area contributed by atoms with E-state index in [-0.39, 0.29) is 0 Å². The average Bonchev–Trinajstić information content (AvgIpc) is 2.03. The van der Waals surface area contributed by atoms with Crippen LogP contribution in [0.2, 0.25) is 0 Å². The molecule has 0 aromatic carbocycles. The first kappa shape index (κ1) is 9.01. The van der Waals surface area contributed by atoms with Gasteiger partial charge in [-0.25, -0.2) is 5.11 Å². The zero-order valence-corrected chi connectivity index (χ0v) is 7.21. The third-order valence-electron chi connectivity index (χ3n) is 2.12. The molecule has 2 nitrogen and oxygen atoms in total. The molecule has 0 aromatic heterocycles. The lowest BCUT2D eigenvalue weighted by molar-refractivity contribution is -0.0397. The van der Waals surface area contributed by atoms with E-state index < -0.39 is 6.10 Å². The standard InChI is InChI=1S/C9H17O2/c1-8(10)7-11-9-5-3-2-4-6-9/h8-9H,2-7H2,1H3. The largest absolute Gasteiger partial charge is 0.375 e. The highest BCUT2D eigenvalue weighted by molar-refractivity contribution is 4.65. The highest BCUT2D eigenvalue weighted by Crippen LogP contribution is 2.20. The van der Waals surface area contributed by atoms with Crippen LogP contribution in [0.1, 0.15) is 39.0 Å². The zero-order chi connectivity index (χ0) is 8.10. The second-order valence-corrected chi connectivity index (χ2v) is 3.40. The summed E-state index contributed by atoms with van der Waals surface area (Å²) in [7, 11) is 0. The van der Waals surface area contributed by atoms with Crippen molar-refractivity contribution in [2.45, 2.75) is 51.2 Å².